The third kappa shape index (κ3) is 3.02. The van der Waals surface area contributed by atoms with E-state index in [0.717, 1.165) is 18.9 Å². The van der Waals surface area contributed by atoms with Gasteiger partial charge in [0.05, 0.1) is 6.61 Å². The first-order valence-electron chi connectivity index (χ1n) is 6.27. The Morgan fingerprint density at radius 2 is 2.30 bits per heavy atom. The molecule has 7 nitrogen and oxygen atoms in total. The molecular weight excluding hydrogens is 286 g/mol. The van der Waals surface area contributed by atoms with Crippen molar-refractivity contribution in [2.45, 2.75) is 17.9 Å². The molecule has 0 spiro atoms. The smallest absolute Gasteiger partial charge is 0.371 e. The lowest BCUT2D eigenvalue weighted by molar-refractivity contribution is 0.0656. The van der Waals surface area contributed by atoms with Crippen LogP contribution in [0.15, 0.2) is 21.6 Å². The van der Waals surface area contributed by atoms with Crippen LogP contribution in [0.2, 0.25) is 0 Å². The molecule has 112 valence electrons. The number of methoxy groups -OCH3 is 1. The molecule has 0 amide bonds. The number of rotatable bonds is 5. The van der Waals surface area contributed by atoms with Gasteiger partial charge in [0.2, 0.25) is 10.9 Å². The molecule has 1 fully saturated rings. The Bertz CT molecular complexity index is 577. The summed E-state index contributed by atoms with van der Waals surface area (Å²) in [7, 11) is -2.20. The van der Waals surface area contributed by atoms with Crippen LogP contribution in [0, 0.1) is 5.92 Å². The normalized spacial score (nSPS) is 20.9. The molecule has 0 aliphatic carbocycles. The van der Waals surface area contributed by atoms with Gasteiger partial charge in [-0.3, -0.25) is 0 Å². The molecule has 0 saturated carbocycles. The molecule has 2 heterocycles. The molecule has 0 radical (unpaired) electrons. The average Bonchev–Trinajstić information content (AvgIpc) is 2.90. The van der Waals surface area contributed by atoms with Crippen molar-refractivity contribution in [3.63, 3.8) is 0 Å². The fourth-order valence-electron chi connectivity index (χ4n) is 2.32. The lowest BCUT2D eigenvalue weighted by Gasteiger charge is -2.30. The molecule has 1 aromatic heterocycles. The number of carbonyl (C=O) groups is 1. The van der Waals surface area contributed by atoms with Gasteiger partial charge in [-0.1, -0.05) is 0 Å². The van der Waals surface area contributed by atoms with Crippen molar-refractivity contribution in [1.82, 2.24) is 4.31 Å². The minimum absolute atomic E-state index is 0.150. The molecule has 0 aromatic carbocycles. The third-order valence-electron chi connectivity index (χ3n) is 3.27. The van der Waals surface area contributed by atoms with Crippen LogP contribution in [0.4, 0.5) is 0 Å². The Balaban J connectivity index is 2.18. The summed E-state index contributed by atoms with van der Waals surface area (Å²) in [5.41, 5.74) is 0. The maximum absolute atomic E-state index is 12.4. The van der Waals surface area contributed by atoms with Crippen LogP contribution in [0.25, 0.3) is 0 Å². The van der Waals surface area contributed by atoms with Crippen molar-refractivity contribution in [2.75, 3.05) is 26.8 Å². The SMILES string of the molecule is COCC1CCCN(S(=O)(=O)c2ccc(C(=O)O)o2)C1. The first-order valence-corrected chi connectivity index (χ1v) is 7.71. The van der Waals surface area contributed by atoms with Gasteiger partial charge >= 0.3 is 5.97 Å². The van der Waals surface area contributed by atoms with Gasteiger partial charge in [-0.25, -0.2) is 13.2 Å². The quantitative estimate of drug-likeness (QED) is 0.872. The van der Waals surface area contributed by atoms with Crippen LogP contribution in [-0.4, -0.2) is 50.6 Å². The molecule has 0 bridgehead atoms. The predicted molar refractivity (Wildman–Crippen MR) is 69.0 cm³/mol. The fraction of sp³-hybridized carbons (Fsp3) is 0.583. The summed E-state index contributed by atoms with van der Waals surface area (Å²) in [5.74, 6) is -1.52. The van der Waals surface area contributed by atoms with E-state index in [2.05, 4.69) is 0 Å². The number of ether oxygens (including phenoxy) is 1. The Labute approximate surface area is 117 Å². The monoisotopic (exact) mass is 303 g/mol. The summed E-state index contributed by atoms with van der Waals surface area (Å²) >= 11 is 0. The van der Waals surface area contributed by atoms with E-state index in [1.807, 2.05) is 0 Å². The van der Waals surface area contributed by atoms with Crippen LogP contribution in [0.5, 0.6) is 0 Å². The van der Waals surface area contributed by atoms with Crippen molar-refractivity contribution < 1.29 is 27.5 Å². The van der Waals surface area contributed by atoms with Crippen LogP contribution >= 0.6 is 0 Å². The molecule has 2 rings (SSSR count). The van der Waals surface area contributed by atoms with E-state index < -0.39 is 16.0 Å². The third-order valence-corrected chi connectivity index (χ3v) is 5.01. The Hall–Kier alpha value is -1.38. The van der Waals surface area contributed by atoms with Crippen molar-refractivity contribution >= 4 is 16.0 Å². The highest BCUT2D eigenvalue weighted by molar-refractivity contribution is 7.89. The summed E-state index contributed by atoms with van der Waals surface area (Å²) in [5, 5.41) is 8.44. The largest absolute Gasteiger partial charge is 0.475 e. The summed E-state index contributed by atoms with van der Waals surface area (Å²) in [4.78, 5) is 10.7. The van der Waals surface area contributed by atoms with Crippen molar-refractivity contribution in [3.8, 4) is 0 Å². The first-order chi connectivity index (χ1) is 9.45. The molecule has 1 atom stereocenters. The number of aromatic carboxylic acids is 1. The zero-order chi connectivity index (χ0) is 14.8. The van der Waals surface area contributed by atoms with Crippen molar-refractivity contribution in [1.29, 1.82) is 0 Å². The minimum Gasteiger partial charge on any atom is -0.475 e. The van der Waals surface area contributed by atoms with Gasteiger partial charge in [0.1, 0.15) is 0 Å². The van der Waals surface area contributed by atoms with E-state index in [-0.39, 0.29) is 16.8 Å². The second kappa shape index (κ2) is 5.94. The van der Waals surface area contributed by atoms with Gasteiger partial charge in [-0.15, -0.1) is 0 Å². The van der Waals surface area contributed by atoms with Crippen molar-refractivity contribution in [3.05, 3.63) is 17.9 Å². The number of piperidine rings is 1. The topological polar surface area (TPSA) is 97.0 Å². The number of sulfonamides is 1. The molecule has 1 saturated heterocycles. The zero-order valence-electron chi connectivity index (χ0n) is 11.1. The summed E-state index contributed by atoms with van der Waals surface area (Å²) < 4.78 is 36.0. The van der Waals surface area contributed by atoms with E-state index in [9.17, 15) is 13.2 Å². The highest BCUT2D eigenvalue weighted by Gasteiger charge is 2.32. The molecule has 1 N–H and O–H groups in total. The maximum Gasteiger partial charge on any atom is 0.371 e. The maximum atomic E-state index is 12.4. The second-order valence-corrected chi connectivity index (χ2v) is 6.62. The number of hydrogen-bond acceptors (Lipinski definition) is 5. The molecule has 1 aliphatic heterocycles. The Morgan fingerprint density at radius 3 is 2.90 bits per heavy atom. The molecule has 1 aromatic rings. The van der Waals surface area contributed by atoms with Gasteiger partial charge in [0.25, 0.3) is 10.0 Å². The van der Waals surface area contributed by atoms with Gasteiger partial charge < -0.3 is 14.3 Å². The number of carboxylic acid groups (broad SMARTS) is 1. The van der Waals surface area contributed by atoms with Crippen molar-refractivity contribution in [2.24, 2.45) is 5.92 Å². The number of furan rings is 1. The minimum atomic E-state index is -3.78. The van der Waals surface area contributed by atoms with Crippen LogP contribution in [0.1, 0.15) is 23.4 Å². The summed E-state index contributed by atoms with van der Waals surface area (Å²) in [6, 6.07) is 2.32. The fourth-order valence-corrected chi connectivity index (χ4v) is 3.78. The first kappa shape index (κ1) is 15.0. The Kier molecular flexibility index (Phi) is 4.46. The molecular formula is C12H17NO6S. The predicted octanol–water partition coefficient (Wildman–Crippen LogP) is 1.02. The van der Waals surface area contributed by atoms with Gasteiger partial charge in [-0.2, -0.15) is 4.31 Å². The lowest BCUT2D eigenvalue weighted by atomic mass is 10.0. The molecule has 20 heavy (non-hydrogen) atoms. The number of nitrogens with zero attached hydrogens (tertiary/aromatic N) is 1. The van der Waals surface area contributed by atoms with Crippen LogP contribution < -0.4 is 0 Å². The zero-order valence-corrected chi connectivity index (χ0v) is 11.9. The molecule has 1 unspecified atom stereocenters. The van der Waals surface area contributed by atoms with E-state index in [1.54, 1.807) is 7.11 Å². The average molecular weight is 303 g/mol. The van der Waals surface area contributed by atoms with Crippen LogP contribution in [-0.2, 0) is 14.8 Å². The van der Waals surface area contributed by atoms with E-state index in [4.69, 9.17) is 14.3 Å². The molecule has 8 heteroatoms. The van der Waals surface area contributed by atoms with E-state index in [1.165, 1.54) is 10.4 Å². The van der Waals surface area contributed by atoms with Crippen LogP contribution in [0.3, 0.4) is 0 Å². The summed E-state index contributed by atoms with van der Waals surface area (Å²) in [6.45, 7) is 1.27. The van der Waals surface area contributed by atoms with Gasteiger partial charge in [0, 0.05) is 20.2 Å². The standard InChI is InChI=1S/C12H17NO6S/c1-18-8-9-3-2-6-13(7-9)20(16,17)11-5-4-10(19-11)12(14)15/h4-5,9H,2-3,6-8H2,1H3,(H,14,15). The number of carboxylic acids is 1. The van der Waals surface area contributed by atoms with E-state index >= 15 is 0 Å². The molecule has 1 aliphatic rings. The van der Waals surface area contributed by atoms with Gasteiger partial charge in [-0.05, 0) is 30.9 Å². The van der Waals surface area contributed by atoms with Gasteiger partial charge in [0.15, 0.2) is 0 Å². The second-order valence-electron chi connectivity index (χ2n) is 4.75. The summed E-state index contributed by atoms with van der Waals surface area (Å²) in [6.07, 6.45) is 1.66. The lowest BCUT2D eigenvalue weighted by Crippen LogP contribution is -2.40. The Morgan fingerprint density at radius 1 is 1.55 bits per heavy atom. The number of hydrogen-bond donors (Lipinski definition) is 1. The highest BCUT2D eigenvalue weighted by Crippen LogP contribution is 2.25. The van der Waals surface area contributed by atoms with E-state index in [0.29, 0.717) is 19.7 Å². The highest BCUT2D eigenvalue weighted by atomic mass is 32.2.